The molecule has 1 heterocycles. The minimum atomic E-state index is -0.767. The lowest BCUT2D eigenvalue weighted by Gasteiger charge is -2.21. The van der Waals surface area contributed by atoms with E-state index in [0.29, 0.717) is 5.92 Å². The molecule has 0 aliphatic carbocycles. The highest BCUT2D eigenvalue weighted by Crippen LogP contribution is 2.19. The summed E-state index contributed by atoms with van der Waals surface area (Å²) in [5.41, 5.74) is 0. The highest BCUT2D eigenvalue weighted by molar-refractivity contribution is 5.73. The Morgan fingerprint density at radius 2 is 2.27 bits per heavy atom. The maximum absolute atomic E-state index is 10.9. The second-order valence-electron chi connectivity index (χ2n) is 4.59. The molecular weight excluding hydrogens is 194 g/mol. The number of carboxylic acids is 1. The summed E-state index contributed by atoms with van der Waals surface area (Å²) < 4.78 is 5.43. The van der Waals surface area contributed by atoms with Crippen LogP contribution in [0.25, 0.3) is 0 Å². The summed E-state index contributed by atoms with van der Waals surface area (Å²) in [7, 11) is 0. The van der Waals surface area contributed by atoms with E-state index in [0.717, 1.165) is 19.6 Å². The Balaban J connectivity index is 2.36. The van der Waals surface area contributed by atoms with Gasteiger partial charge in [0.25, 0.3) is 0 Å². The highest BCUT2D eigenvalue weighted by Gasteiger charge is 2.27. The molecule has 15 heavy (non-hydrogen) atoms. The van der Waals surface area contributed by atoms with Crippen molar-refractivity contribution in [2.24, 2.45) is 11.8 Å². The van der Waals surface area contributed by atoms with Crippen LogP contribution in [0.15, 0.2) is 0 Å². The number of rotatable bonds is 5. The molecule has 1 fully saturated rings. The zero-order valence-corrected chi connectivity index (χ0v) is 9.69. The first-order chi connectivity index (χ1) is 7.02. The number of nitrogens with one attached hydrogen (secondary N) is 1. The zero-order valence-electron chi connectivity index (χ0n) is 9.69. The molecular formula is C11H21NO3. The third-order valence-electron chi connectivity index (χ3n) is 3.07. The van der Waals surface area contributed by atoms with Gasteiger partial charge in [0, 0.05) is 13.2 Å². The molecule has 2 N–H and O–H groups in total. The Morgan fingerprint density at radius 3 is 2.67 bits per heavy atom. The summed E-state index contributed by atoms with van der Waals surface area (Å²) in [4.78, 5) is 10.9. The first-order valence-corrected chi connectivity index (χ1v) is 5.60. The number of aliphatic carboxylic acids is 1. The van der Waals surface area contributed by atoms with Crippen molar-refractivity contribution in [3.8, 4) is 0 Å². The maximum atomic E-state index is 10.9. The Morgan fingerprint density at radius 1 is 1.60 bits per heavy atom. The van der Waals surface area contributed by atoms with Gasteiger partial charge in [-0.25, -0.2) is 0 Å². The number of carboxylic acid groups (broad SMARTS) is 1. The van der Waals surface area contributed by atoms with E-state index in [1.165, 1.54) is 0 Å². The van der Waals surface area contributed by atoms with Crippen LogP contribution in [0.4, 0.5) is 0 Å². The Labute approximate surface area is 91.0 Å². The van der Waals surface area contributed by atoms with Crippen molar-refractivity contribution in [1.29, 1.82) is 0 Å². The number of ether oxygens (including phenoxy) is 1. The van der Waals surface area contributed by atoms with Crippen LogP contribution in [0.3, 0.4) is 0 Å². The minimum absolute atomic E-state index is 0.111. The fraction of sp³-hybridized carbons (Fsp3) is 0.909. The molecule has 1 aliphatic heterocycles. The molecule has 1 rings (SSSR count). The van der Waals surface area contributed by atoms with E-state index in [1.807, 2.05) is 20.8 Å². The van der Waals surface area contributed by atoms with Crippen LogP contribution in [0, 0.1) is 11.8 Å². The van der Waals surface area contributed by atoms with Crippen molar-refractivity contribution in [2.75, 3.05) is 13.2 Å². The molecule has 0 aromatic carbocycles. The number of carbonyl (C=O) groups is 1. The van der Waals surface area contributed by atoms with Crippen LogP contribution >= 0.6 is 0 Å². The van der Waals surface area contributed by atoms with Gasteiger partial charge in [0.15, 0.2) is 0 Å². The van der Waals surface area contributed by atoms with Gasteiger partial charge in [0.1, 0.15) is 6.04 Å². The zero-order chi connectivity index (χ0) is 11.4. The molecule has 0 spiro atoms. The SMILES string of the molecule is CC(C)C(NCC1CCOC1C)C(=O)O. The number of hydrogen-bond acceptors (Lipinski definition) is 3. The average Bonchev–Trinajstić information content (AvgIpc) is 2.51. The summed E-state index contributed by atoms with van der Waals surface area (Å²) in [5.74, 6) is -0.206. The van der Waals surface area contributed by atoms with E-state index in [2.05, 4.69) is 5.32 Å². The maximum Gasteiger partial charge on any atom is 0.320 e. The fourth-order valence-electron chi connectivity index (χ4n) is 1.93. The smallest absolute Gasteiger partial charge is 0.320 e. The van der Waals surface area contributed by atoms with E-state index in [1.54, 1.807) is 0 Å². The van der Waals surface area contributed by atoms with Gasteiger partial charge in [-0.2, -0.15) is 0 Å². The van der Waals surface area contributed by atoms with E-state index in [9.17, 15) is 4.79 Å². The van der Waals surface area contributed by atoms with Gasteiger partial charge in [-0.3, -0.25) is 4.79 Å². The molecule has 1 aliphatic rings. The largest absolute Gasteiger partial charge is 0.480 e. The quantitative estimate of drug-likeness (QED) is 0.721. The third kappa shape index (κ3) is 3.47. The van der Waals surface area contributed by atoms with E-state index in [-0.39, 0.29) is 12.0 Å². The second-order valence-corrected chi connectivity index (χ2v) is 4.59. The van der Waals surface area contributed by atoms with Crippen molar-refractivity contribution in [3.63, 3.8) is 0 Å². The Kier molecular flexibility index (Phi) is 4.54. The number of hydrogen-bond donors (Lipinski definition) is 2. The van der Waals surface area contributed by atoms with Gasteiger partial charge in [0.2, 0.25) is 0 Å². The minimum Gasteiger partial charge on any atom is -0.480 e. The van der Waals surface area contributed by atoms with Gasteiger partial charge in [-0.1, -0.05) is 13.8 Å². The van der Waals surface area contributed by atoms with Crippen molar-refractivity contribution < 1.29 is 14.6 Å². The molecule has 88 valence electrons. The summed E-state index contributed by atoms with van der Waals surface area (Å²) in [5, 5.41) is 12.1. The van der Waals surface area contributed by atoms with Gasteiger partial charge in [0.05, 0.1) is 6.10 Å². The van der Waals surface area contributed by atoms with E-state index >= 15 is 0 Å². The highest BCUT2D eigenvalue weighted by atomic mass is 16.5. The van der Waals surface area contributed by atoms with Gasteiger partial charge in [-0.15, -0.1) is 0 Å². The fourth-order valence-corrected chi connectivity index (χ4v) is 1.93. The standard InChI is InChI=1S/C11H21NO3/c1-7(2)10(11(13)14)12-6-9-4-5-15-8(9)3/h7-10,12H,4-6H2,1-3H3,(H,13,14). The van der Waals surface area contributed by atoms with Crippen LogP contribution in [0.1, 0.15) is 27.2 Å². The summed E-state index contributed by atoms with van der Waals surface area (Å²) >= 11 is 0. The molecule has 4 heteroatoms. The van der Waals surface area contributed by atoms with Crippen molar-refractivity contribution in [1.82, 2.24) is 5.32 Å². The molecule has 3 atom stereocenters. The normalized spacial score (nSPS) is 28.3. The van der Waals surface area contributed by atoms with E-state index < -0.39 is 12.0 Å². The predicted molar refractivity (Wildman–Crippen MR) is 57.8 cm³/mol. The molecule has 1 saturated heterocycles. The van der Waals surface area contributed by atoms with Crippen LogP contribution < -0.4 is 5.32 Å². The molecule has 0 amide bonds. The van der Waals surface area contributed by atoms with Crippen molar-refractivity contribution in [3.05, 3.63) is 0 Å². The van der Waals surface area contributed by atoms with Crippen molar-refractivity contribution in [2.45, 2.75) is 39.3 Å². The molecule has 4 nitrogen and oxygen atoms in total. The Hall–Kier alpha value is -0.610. The topological polar surface area (TPSA) is 58.6 Å². The van der Waals surface area contributed by atoms with E-state index in [4.69, 9.17) is 9.84 Å². The van der Waals surface area contributed by atoms with Crippen LogP contribution in [-0.2, 0) is 9.53 Å². The molecule has 0 bridgehead atoms. The summed E-state index contributed by atoms with van der Waals surface area (Å²) in [6.07, 6.45) is 1.28. The van der Waals surface area contributed by atoms with Crippen molar-refractivity contribution >= 4 is 5.97 Å². The van der Waals surface area contributed by atoms with Gasteiger partial charge < -0.3 is 15.2 Å². The van der Waals surface area contributed by atoms with Crippen LogP contribution in [0.2, 0.25) is 0 Å². The third-order valence-corrected chi connectivity index (χ3v) is 3.07. The molecule has 0 radical (unpaired) electrons. The summed E-state index contributed by atoms with van der Waals surface area (Å²) in [6, 6.07) is -0.446. The van der Waals surface area contributed by atoms with Gasteiger partial charge in [-0.05, 0) is 25.2 Å². The molecule has 0 saturated carbocycles. The lowest BCUT2D eigenvalue weighted by molar-refractivity contribution is -0.140. The van der Waals surface area contributed by atoms with Gasteiger partial charge >= 0.3 is 5.97 Å². The lowest BCUT2D eigenvalue weighted by Crippen LogP contribution is -2.43. The second kappa shape index (κ2) is 5.47. The molecule has 0 aromatic heterocycles. The first-order valence-electron chi connectivity index (χ1n) is 5.60. The lowest BCUT2D eigenvalue weighted by atomic mass is 10.00. The van der Waals surface area contributed by atoms with Crippen LogP contribution in [0.5, 0.6) is 0 Å². The summed E-state index contributed by atoms with van der Waals surface area (Å²) in [6.45, 7) is 7.41. The first kappa shape index (κ1) is 12.5. The predicted octanol–water partition coefficient (Wildman–Crippen LogP) is 1.11. The van der Waals surface area contributed by atoms with Crippen LogP contribution in [-0.4, -0.2) is 36.4 Å². The monoisotopic (exact) mass is 215 g/mol. The Bertz CT molecular complexity index is 218. The average molecular weight is 215 g/mol. The molecule has 3 unspecified atom stereocenters. The molecule has 0 aromatic rings.